The highest BCUT2D eigenvalue weighted by Crippen LogP contribution is 2.33. The Morgan fingerprint density at radius 3 is 2.74 bits per heavy atom. The Bertz CT molecular complexity index is 1390. The fraction of sp³-hybridized carbons (Fsp3) is 0.296. The molecule has 0 aliphatic carbocycles. The second-order valence-corrected chi connectivity index (χ2v) is 10.3. The summed E-state index contributed by atoms with van der Waals surface area (Å²) >= 11 is 7.47. The van der Waals surface area contributed by atoms with Gasteiger partial charge in [0.1, 0.15) is 5.69 Å². The molecule has 8 heteroatoms. The average Bonchev–Trinajstić information content (AvgIpc) is 3.48. The van der Waals surface area contributed by atoms with Gasteiger partial charge in [-0.3, -0.25) is 9.48 Å². The van der Waals surface area contributed by atoms with Crippen LogP contribution in [-0.2, 0) is 6.54 Å². The number of unbranched alkanes of at least 4 members (excludes halogenated alkanes) is 2. The summed E-state index contributed by atoms with van der Waals surface area (Å²) in [5.74, 6) is -0.992. The summed E-state index contributed by atoms with van der Waals surface area (Å²) < 4.78 is 2.83. The van der Waals surface area contributed by atoms with Crippen LogP contribution in [0.2, 0.25) is 5.02 Å². The molecule has 5 rings (SSSR count). The summed E-state index contributed by atoms with van der Waals surface area (Å²) in [4.78, 5) is 27.1. The molecular formula is C27H26ClN3O3S. The molecule has 2 aromatic carbocycles. The number of carboxylic acid groups (broad SMARTS) is 1. The number of carbonyl (C=O) groups is 2. The van der Waals surface area contributed by atoms with Gasteiger partial charge in [0.15, 0.2) is 0 Å². The molecule has 6 nitrogen and oxygen atoms in total. The lowest BCUT2D eigenvalue weighted by Crippen LogP contribution is -2.42. The zero-order chi connectivity index (χ0) is 24.5. The molecule has 1 aliphatic rings. The molecule has 0 saturated carbocycles. The second kappa shape index (κ2) is 9.84. The molecule has 1 unspecified atom stereocenters. The fourth-order valence-electron chi connectivity index (χ4n) is 4.76. The van der Waals surface area contributed by atoms with E-state index in [9.17, 15) is 14.7 Å². The molecule has 3 heterocycles. The highest BCUT2D eigenvalue weighted by atomic mass is 35.5. The minimum absolute atomic E-state index is 0.0588. The highest BCUT2D eigenvalue weighted by molar-refractivity contribution is 7.17. The van der Waals surface area contributed by atoms with Gasteiger partial charge in [-0.05, 0) is 30.2 Å². The fourth-order valence-corrected chi connectivity index (χ4v) is 5.94. The molecule has 35 heavy (non-hydrogen) atoms. The lowest BCUT2D eigenvalue weighted by molar-refractivity contribution is 0.0634. The Balaban J connectivity index is 1.49. The first kappa shape index (κ1) is 23.6. The standard InChI is InChI=1S/C27H26ClN3O3S/c1-2-3-4-7-20-15-30(14-18-6-5-8-21-22(27(33)34)16-35-25(18)21)26(32)24-13-23(29-31(20)24)17-9-11-19(28)12-10-17/h5-6,8-13,16,20H,2-4,7,14-15H2,1H3,(H,33,34). The number of amides is 1. The number of aromatic carboxylic acids is 1. The van der Waals surface area contributed by atoms with Crippen molar-refractivity contribution in [2.75, 3.05) is 6.54 Å². The molecule has 1 N–H and O–H groups in total. The van der Waals surface area contributed by atoms with Gasteiger partial charge >= 0.3 is 5.97 Å². The van der Waals surface area contributed by atoms with E-state index in [1.54, 1.807) is 5.38 Å². The van der Waals surface area contributed by atoms with E-state index in [-0.39, 0.29) is 11.9 Å². The largest absolute Gasteiger partial charge is 0.478 e. The number of benzene rings is 2. The van der Waals surface area contributed by atoms with Crippen molar-refractivity contribution in [3.05, 3.63) is 75.8 Å². The van der Waals surface area contributed by atoms with Crippen LogP contribution in [0, 0.1) is 0 Å². The number of thiophene rings is 1. The Morgan fingerprint density at radius 1 is 1.20 bits per heavy atom. The first-order valence-electron chi connectivity index (χ1n) is 11.8. The number of rotatable bonds is 8. The van der Waals surface area contributed by atoms with E-state index in [1.165, 1.54) is 11.3 Å². The number of fused-ring (bicyclic) bond motifs is 2. The van der Waals surface area contributed by atoms with Crippen LogP contribution in [-0.4, -0.2) is 38.2 Å². The summed E-state index contributed by atoms with van der Waals surface area (Å²) in [5, 5.41) is 17.4. The number of carboxylic acids is 1. The maximum Gasteiger partial charge on any atom is 0.337 e. The van der Waals surface area contributed by atoms with Crippen molar-refractivity contribution in [1.29, 1.82) is 0 Å². The van der Waals surface area contributed by atoms with Crippen LogP contribution in [0.4, 0.5) is 0 Å². The van der Waals surface area contributed by atoms with Crippen LogP contribution < -0.4 is 0 Å². The summed E-state index contributed by atoms with van der Waals surface area (Å²) in [6.45, 7) is 3.19. The van der Waals surface area contributed by atoms with Gasteiger partial charge in [0.25, 0.3) is 5.91 Å². The van der Waals surface area contributed by atoms with E-state index in [1.807, 2.05) is 58.1 Å². The Kier molecular flexibility index (Phi) is 6.62. The molecule has 0 fully saturated rings. The van der Waals surface area contributed by atoms with E-state index in [2.05, 4.69) is 6.92 Å². The van der Waals surface area contributed by atoms with E-state index in [4.69, 9.17) is 16.7 Å². The van der Waals surface area contributed by atoms with Gasteiger partial charge < -0.3 is 10.0 Å². The number of hydrogen-bond acceptors (Lipinski definition) is 4. The lowest BCUT2D eigenvalue weighted by Gasteiger charge is -2.34. The number of carbonyl (C=O) groups excluding carboxylic acids is 1. The monoisotopic (exact) mass is 507 g/mol. The molecule has 1 aliphatic heterocycles. The molecule has 1 atom stereocenters. The Morgan fingerprint density at radius 2 is 2.00 bits per heavy atom. The van der Waals surface area contributed by atoms with E-state index in [0.29, 0.717) is 29.4 Å². The summed E-state index contributed by atoms with van der Waals surface area (Å²) in [5.41, 5.74) is 3.55. The van der Waals surface area contributed by atoms with E-state index < -0.39 is 5.97 Å². The first-order valence-corrected chi connectivity index (χ1v) is 13.1. The van der Waals surface area contributed by atoms with Crippen molar-refractivity contribution in [2.45, 2.75) is 45.2 Å². The number of aromatic nitrogens is 2. The van der Waals surface area contributed by atoms with Crippen LogP contribution in [0.1, 0.15) is 65.1 Å². The topological polar surface area (TPSA) is 75.4 Å². The average molecular weight is 508 g/mol. The number of nitrogens with zero attached hydrogens (tertiary/aromatic N) is 3. The smallest absolute Gasteiger partial charge is 0.337 e. The highest BCUT2D eigenvalue weighted by Gasteiger charge is 2.33. The summed E-state index contributed by atoms with van der Waals surface area (Å²) in [7, 11) is 0. The van der Waals surface area contributed by atoms with Gasteiger partial charge in [-0.25, -0.2) is 4.79 Å². The molecule has 2 aromatic heterocycles. The van der Waals surface area contributed by atoms with Gasteiger partial charge in [-0.15, -0.1) is 11.3 Å². The van der Waals surface area contributed by atoms with Gasteiger partial charge in [0, 0.05) is 39.1 Å². The van der Waals surface area contributed by atoms with Crippen LogP contribution in [0.3, 0.4) is 0 Å². The minimum Gasteiger partial charge on any atom is -0.478 e. The quantitative estimate of drug-likeness (QED) is 0.263. The van der Waals surface area contributed by atoms with Crippen LogP contribution in [0.25, 0.3) is 21.3 Å². The van der Waals surface area contributed by atoms with Crippen LogP contribution >= 0.6 is 22.9 Å². The van der Waals surface area contributed by atoms with Crippen LogP contribution in [0.5, 0.6) is 0 Å². The van der Waals surface area contributed by atoms with Crippen molar-refractivity contribution in [3.8, 4) is 11.3 Å². The third-order valence-corrected chi connectivity index (χ3v) is 7.90. The molecule has 0 bridgehead atoms. The van der Waals surface area contributed by atoms with E-state index in [0.717, 1.165) is 52.6 Å². The third kappa shape index (κ3) is 4.58. The lowest BCUT2D eigenvalue weighted by atomic mass is 10.0. The van der Waals surface area contributed by atoms with Crippen LogP contribution in [0.15, 0.2) is 53.9 Å². The molecular weight excluding hydrogens is 482 g/mol. The van der Waals surface area contributed by atoms with Crippen molar-refractivity contribution in [1.82, 2.24) is 14.7 Å². The predicted octanol–water partition coefficient (Wildman–Crippen LogP) is 6.89. The molecule has 0 radical (unpaired) electrons. The van der Waals surface area contributed by atoms with Gasteiger partial charge in [0.05, 0.1) is 17.3 Å². The Labute approximate surface area is 212 Å². The second-order valence-electron chi connectivity index (χ2n) is 8.95. The molecule has 0 saturated heterocycles. The van der Waals surface area contributed by atoms with E-state index >= 15 is 0 Å². The normalized spacial score (nSPS) is 15.5. The summed E-state index contributed by atoms with van der Waals surface area (Å²) in [6.07, 6.45) is 4.28. The van der Waals surface area contributed by atoms with Crippen molar-refractivity contribution >= 4 is 44.9 Å². The van der Waals surface area contributed by atoms with Crippen molar-refractivity contribution < 1.29 is 14.7 Å². The van der Waals surface area contributed by atoms with Gasteiger partial charge in [-0.1, -0.05) is 68.1 Å². The Hall–Kier alpha value is -3.16. The molecule has 180 valence electrons. The third-order valence-electron chi connectivity index (χ3n) is 6.57. The molecule has 0 spiro atoms. The van der Waals surface area contributed by atoms with Gasteiger partial charge in [-0.2, -0.15) is 5.10 Å². The maximum atomic E-state index is 13.6. The zero-order valence-electron chi connectivity index (χ0n) is 19.4. The molecule has 1 amide bonds. The maximum absolute atomic E-state index is 13.6. The summed E-state index contributed by atoms with van der Waals surface area (Å²) in [6, 6.07) is 15.1. The zero-order valence-corrected chi connectivity index (χ0v) is 21.0. The first-order chi connectivity index (χ1) is 17.0. The number of hydrogen-bond donors (Lipinski definition) is 1. The number of halogens is 1. The van der Waals surface area contributed by atoms with Crippen molar-refractivity contribution in [2.24, 2.45) is 0 Å². The minimum atomic E-state index is -0.933. The molecule has 4 aromatic rings. The van der Waals surface area contributed by atoms with Gasteiger partial charge in [0.2, 0.25) is 0 Å². The van der Waals surface area contributed by atoms with Crippen molar-refractivity contribution in [3.63, 3.8) is 0 Å². The SMILES string of the molecule is CCCCCC1CN(Cc2cccc3c(C(=O)O)csc23)C(=O)c2cc(-c3ccc(Cl)cc3)nn21. The predicted molar refractivity (Wildman–Crippen MR) is 139 cm³/mol.